The van der Waals surface area contributed by atoms with Gasteiger partial charge in [0.25, 0.3) is 23.6 Å². The van der Waals surface area contributed by atoms with Crippen LogP contribution >= 0.6 is 0 Å². The number of fused-ring (bicyclic) bond motifs is 2. The van der Waals surface area contributed by atoms with Crippen LogP contribution in [0.15, 0.2) is 36.4 Å². The van der Waals surface area contributed by atoms with E-state index >= 15 is 8.78 Å². The molecule has 5 aromatic rings. The summed E-state index contributed by atoms with van der Waals surface area (Å²) in [6, 6.07) is 7.04. The molecule has 0 fully saturated rings. The molecular weight excluding hydrogens is 530 g/mol. The zero-order valence-corrected chi connectivity index (χ0v) is 19.9. The SMILES string of the molecule is O=C(O)CN1C(=O)c2ccc3c4c(F)cc5c6c(ccc(c7c(F)cc(c2c37)C1=O)c64)C(=O)N(CC(=O)O)C5=O. The minimum absolute atomic E-state index is 0.0313. The minimum atomic E-state index is -1.45. The maximum atomic E-state index is 15.9. The molecule has 0 spiro atoms. The Morgan fingerprint density at radius 1 is 0.550 bits per heavy atom. The Morgan fingerprint density at radius 3 is 1.25 bits per heavy atom. The zero-order chi connectivity index (χ0) is 28.4. The second-order valence-corrected chi connectivity index (χ2v) is 9.56. The second-order valence-electron chi connectivity index (χ2n) is 9.56. The van der Waals surface area contributed by atoms with Crippen LogP contribution in [0.2, 0.25) is 0 Å². The van der Waals surface area contributed by atoms with Crippen molar-refractivity contribution in [2.24, 2.45) is 0 Å². The summed E-state index contributed by atoms with van der Waals surface area (Å²) >= 11 is 0. The number of halogens is 2. The van der Waals surface area contributed by atoms with Gasteiger partial charge in [-0.2, -0.15) is 0 Å². The maximum Gasteiger partial charge on any atom is 0.323 e. The molecule has 40 heavy (non-hydrogen) atoms. The van der Waals surface area contributed by atoms with Gasteiger partial charge in [-0.15, -0.1) is 0 Å². The van der Waals surface area contributed by atoms with Gasteiger partial charge in [0.1, 0.15) is 24.7 Å². The molecule has 0 aliphatic carbocycles. The average Bonchev–Trinajstić information content (AvgIpc) is 2.90. The molecule has 2 N–H and O–H groups in total. The molecule has 0 radical (unpaired) electrons. The summed E-state index contributed by atoms with van der Waals surface area (Å²) in [5.41, 5.74) is -0.670. The maximum absolute atomic E-state index is 15.9. The monoisotopic (exact) mass is 542 g/mol. The Bertz CT molecular complexity index is 1990. The lowest BCUT2D eigenvalue weighted by Gasteiger charge is -2.29. The highest BCUT2D eigenvalue weighted by Gasteiger charge is 2.39. The fourth-order valence-corrected chi connectivity index (χ4v) is 6.03. The summed E-state index contributed by atoms with van der Waals surface area (Å²) in [6.07, 6.45) is 0. The summed E-state index contributed by atoms with van der Waals surface area (Å²) in [4.78, 5) is 76.1. The summed E-state index contributed by atoms with van der Waals surface area (Å²) in [6.45, 7) is -1.88. The molecular formula is C28H12F2N2O8. The molecule has 0 saturated carbocycles. The number of aliphatic carboxylic acids is 2. The number of hydrogen-bond donors (Lipinski definition) is 2. The topological polar surface area (TPSA) is 149 Å². The van der Waals surface area contributed by atoms with Gasteiger partial charge < -0.3 is 10.2 Å². The van der Waals surface area contributed by atoms with Crippen molar-refractivity contribution >= 4 is 78.7 Å². The van der Waals surface area contributed by atoms with Crippen molar-refractivity contribution in [1.29, 1.82) is 0 Å². The molecule has 0 aromatic heterocycles. The average molecular weight is 542 g/mol. The molecule has 0 unspecified atom stereocenters. The fraction of sp³-hybridized carbons (Fsp3) is 0.0714. The highest BCUT2D eigenvalue weighted by Crippen LogP contribution is 2.47. The smallest absolute Gasteiger partial charge is 0.323 e. The van der Waals surface area contributed by atoms with Gasteiger partial charge in [0.2, 0.25) is 0 Å². The number of amides is 4. The number of carbonyl (C=O) groups excluding carboxylic acids is 4. The van der Waals surface area contributed by atoms with Crippen molar-refractivity contribution in [2.45, 2.75) is 0 Å². The fourth-order valence-electron chi connectivity index (χ4n) is 6.03. The predicted molar refractivity (Wildman–Crippen MR) is 134 cm³/mol. The Morgan fingerprint density at radius 2 is 0.900 bits per heavy atom. The van der Waals surface area contributed by atoms with Crippen molar-refractivity contribution in [1.82, 2.24) is 9.80 Å². The van der Waals surface area contributed by atoms with Crippen molar-refractivity contribution in [3.8, 4) is 0 Å². The van der Waals surface area contributed by atoms with E-state index in [-0.39, 0.29) is 65.3 Å². The van der Waals surface area contributed by atoms with Gasteiger partial charge in [-0.05, 0) is 35.0 Å². The van der Waals surface area contributed by atoms with Gasteiger partial charge in [0.05, 0.1) is 11.1 Å². The van der Waals surface area contributed by atoms with Crippen LogP contribution in [0.5, 0.6) is 0 Å². The number of carboxylic acids is 2. The molecule has 2 heterocycles. The van der Waals surface area contributed by atoms with Crippen LogP contribution in [0.1, 0.15) is 41.4 Å². The summed E-state index contributed by atoms with van der Waals surface area (Å²) in [7, 11) is 0. The predicted octanol–water partition coefficient (Wildman–Crippen LogP) is 3.38. The molecule has 5 aromatic carbocycles. The van der Waals surface area contributed by atoms with Gasteiger partial charge >= 0.3 is 11.9 Å². The number of carboxylic acid groups (broad SMARTS) is 2. The molecule has 0 saturated heterocycles. The van der Waals surface area contributed by atoms with Crippen LogP contribution in [0.3, 0.4) is 0 Å². The molecule has 10 nitrogen and oxygen atoms in total. The number of carbonyl (C=O) groups is 6. The number of benzene rings is 5. The third-order valence-corrected chi connectivity index (χ3v) is 7.50. The van der Waals surface area contributed by atoms with Crippen molar-refractivity contribution < 1.29 is 47.8 Å². The first kappa shape index (κ1) is 23.6. The van der Waals surface area contributed by atoms with Crippen molar-refractivity contribution in [3.63, 3.8) is 0 Å². The van der Waals surface area contributed by atoms with E-state index in [2.05, 4.69) is 0 Å². The Kier molecular flexibility index (Phi) is 4.44. The van der Waals surface area contributed by atoms with Gasteiger partial charge in [0, 0.05) is 43.4 Å². The van der Waals surface area contributed by atoms with E-state index in [1.807, 2.05) is 0 Å². The van der Waals surface area contributed by atoms with Crippen LogP contribution in [-0.2, 0) is 9.59 Å². The third kappa shape index (κ3) is 2.74. The first-order valence-electron chi connectivity index (χ1n) is 11.8. The Hall–Kier alpha value is -5.52. The van der Waals surface area contributed by atoms with E-state index in [9.17, 15) is 39.0 Å². The first-order valence-corrected chi connectivity index (χ1v) is 11.8. The highest BCUT2D eigenvalue weighted by molar-refractivity contribution is 6.41. The van der Waals surface area contributed by atoms with Crippen molar-refractivity contribution in [2.75, 3.05) is 13.1 Å². The minimum Gasteiger partial charge on any atom is -0.480 e. The normalized spacial score (nSPS) is 14.9. The van der Waals surface area contributed by atoms with E-state index < -0.39 is 60.3 Å². The molecule has 4 amide bonds. The van der Waals surface area contributed by atoms with Gasteiger partial charge in [-0.3, -0.25) is 38.6 Å². The van der Waals surface area contributed by atoms with E-state index in [1.165, 1.54) is 24.3 Å². The highest BCUT2D eigenvalue weighted by atomic mass is 19.1. The molecule has 12 heteroatoms. The first-order chi connectivity index (χ1) is 19.0. The number of rotatable bonds is 4. The van der Waals surface area contributed by atoms with Gasteiger partial charge in [-0.1, -0.05) is 12.1 Å². The molecule has 0 bridgehead atoms. The molecule has 7 rings (SSSR count). The lowest BCUT2D eigenvalue weighted by Crippen LogP contribution is -2.43. The lowest BCUT2D eigenvalue weighted by atomic mass is 9.82. The number of hydrogen-bond acceptors (Lipinski definition) is 6. The third-order valence-electron chi connectivity index (χ3n) is 7.50. The summed E-state index contributed by atoms with van der Waals surface area (Å²) in [5.74, 6) is -8.60. The second kappa shape index (κ2) is 7.53. The standard InChI is InChI=1S/C28H12F2N2O8/c29-15-5-14-20-12(26(38)32(28(14)40)8-18(35)36)4-2-10-22-16(30)6-13-19-11(25(37)31(27(13)39)7-17(33)34)3-1-9(23(19)22)21(15)24(10)20/h1-6H,7-8H2,(H,33,34)(H,35,36). The van der Waals surface area contributed by atoms with Crippen LogP contribution in [-0.4, -0.2) is 68.7 Å². The van der Waals surface area contributed by atoms with Crippen LogP contribution in [0.4, 0.5) is 8.78 Å². The quantitative estimate of drug-likeness (QED) is 0.199. The number of imide groups is 2. The Labute approximate surface area is 219 Å². The van der Waals surface area contributed by atoms with Crippen LogP contribution < -0.4 is 0 Å². The summed E-state index contributed by atoms with van der Waals surface area (Å²) < 4.78 is 31.8. The van der Waals surface area contributed by atoms with Crippen molar-refractivity contribution in [3.05, 3.63) is 70.3 Å². The van der Waals surface area contributed by atoms with E-state index in [1.54, 1.807) is 0 Å². The van der Waals surface area contributed by atoms with E-state index in [0.29, 0.717) is 9.80 Å². The molecule has 2 aliphatic heterocycles. The lowest BCUT2D eigenvalue weighted by molar-refractivity contribution is -0.138. The Balaban J connectivity index is 1.65. The van der Waals surface area contributed by atoms with E-state index in [0.717, 1.165) is 12.1 Å². The molecule has 2 aliphatic rings. The van der Waals surface area contributed by atoms with Crippen LogP contribution in [0.25, 0.3) is 43.1 Å². The molecule has 0 atom stereocenters. The van der Waals surface area contributed by atoms with Gasteiger partial charge in [0.15, 0.2) is 0 Å². The largest absolute Gasteiger partial charge is 0.480 e. The van der Waals surface area contributed by atoms with E-state index in [4.69, 9.17) is 0 Å². The zero-order valence-electron chi connectivity index (χ0n) is 19.9. The number of nitrogens with zero attached hydrogens (tertiary/aromatic N) is 2. The molecule has 196 valence electrons. The van der Waals surface area contributed by atoms with Crippen LogP contribution in [0, 0.1) is 11.6 Å². The van der Waals surface area contributed by atoms with Gasteiger partial charge in [-0.25, -0.2) is 8.78 Å². The summed E-state index contributed by atoms with van der Waals surface area (Å²) in [5, 5.41) is 18.6.